The number of nitrogens with zero attached hydrogens (tertiary/aromatic N) is 2. The van der Waals surface area contributed by atoms with Crippen LogP contribution in [0.4, 0.5) is 5.69 Å². The number of anilines is 1. The number of methoxy groups -OCH3 is 2. The number of carbonyl (C=O) groups excluding carboxylic acids is 1. The van der Waals surface area contributed by atoms with E-state index < -0.39 is 0 Å². The standard InChI is InChI=1S/C23H32N2O3/c1-6-7-23(26)25(17-19-8-11-20(12-9-19)24(2)3)15-14-18-10-13-21(27-4)22(16-18)28-5/h8-13,16H,6-7,14-15,17H2,1-5H3. The van der Waals surface area contributed by atoms with Crippen molar-refractivity contribution in [1.29, 1.82) is 0 Å². The molecule has 2 aromatic carbocycles. The van der Waals surface area contributed by atoms with Gasteiger partial charge in [-0.3, -0.25) is 4.79 Å². The lowest BCUT2D eigenvalue weighted by Gasteiger charge is -2.23. The van der Waals surface area contributed by atoms with Crippen LogP contribution in [0, 0.1) is 0 Å². The summed E-state index contributed by atoms with van der Waals surface area (Å²) in [5, 5.41) is 0. The largest absolute Gasteiger partial charge is 0.493 e. The lowest BCUT2D eigenvalue weighted by Crippen LogP contribution is -2.32. The molecule has 1 amide bonds. The second kappa shape index (κ2) is 10.6. The molecule has 5 nitrogen and oxygen atoms in total. The van der Waals surface area contributed by atoms with Crippen molar-refractivity contribution < 1.29 is 14.3 Å². The van der Waals surface area contributed by atoms with Gasteiger partial charge in [-0.05, 0) is 48.2 Å². The molecule has 2 aromatic rings. The fourth-order valence-electron chi connectivity index (χ4n) is 3.08. The fourth-order valence-corrected chi connectivity index (χ4v) is 3.08. The lowest BCUT2D eigenvalue weighted by molar-refractivity contribution is -0.131. The minimum absolute atomic E-state index is 0.194. The summed E-state index contributed by atoms with van der Waals surface area (Å²) < 4.78 is 10.7. The highest BCUT2D eigenvalue weighted by Gasteiger charge is 2.14. The normalized spacial score (nSPS) is 10.5. The molecule has 0 aliphatic carbocycles. The molecule has 0 fully saturated rings. The van der Waals surface area contributed by atoms with Crippen LogP contribution in [0.1, 0.15) is 30.9 Å². The first-order valence-electron chi connectivity index (χ1n) is 9.73. The van der Waals surface area contributed by atoms with Crippen LogP contribution in [0.3, 0.4) is 0 Å². The molecular weight excluding hydrogens is 352 g/mol. The number of carbonyl (C=O) groups is 1. The monoisotopic (exact) mass is 384 g/mol. The minimum atomic E-state index is 0.194. The maximum atomic E-state index is 12.6. The van der Waals surface area contributed by atoms with Gasteiger partial charge < -0.3 is 19.3 Å². The first-order chi connectivity index (χ1) is 13.5. The van der Waals surface area contributed by atoms with Crippen LogP contribution in [0.5, 0.6) is 11.5 Å². The zero-order valence-electron chi connectivity index (χ0n) is 17.7. The molecule has 0 aliphatic heterocycles. The molecule has 0 aliphatic rings. The molecule has 0 bridgehead atoms. The third kappa shape index (κ3) is 5.91. The van der Waals surface area contributed by atoms with Crippen LogP contribution < -0.4 is 14.4 Å². The highest BCUT2D eigenvalue weighted by molar-refractivity contribution is 5.76. The van der Waals surface area contributed by atoms with E-state index in [0.717, 1.165) is 29.7 Å². The topological polar surface area (TPSA) is 42.0 Å². The van der Waals surface area contributed by atoms with Crippen molar-refractivity contribution in [2.75, 3.05) is 39.8 Å². The number of ether oxygens (including phenoxy) is 2. The van der Waals surface area contributed by atoms with E-state index in [1.165, 1.54) is 0 Å². The molecule has 0 radical (unpaired) electrons. The van der Waals surface area contributed by atoms with Gasteiger partial charge in [-0.25, -0.2) is 0 Å². The maximum Gasteiger partial charge on any atom is 0.222 e. The van der Waals surface area contributed by atoms with E-state index in [2.05, 4.69) is 29.2 Å². The van der Waals surface area contributed by atoms with Gasteiger partial charge in [0.05, 0.1) is 14.2 Å². The highest BCUT2D eigenvalue weighted by Crippen LogP contribution is 2.27. The van der Waals surface area contributed by atoms with Gasteiger partial charge in [0.2, 0.25) is 5.91 Å². The molecule has 152 valence electrons. The first kappa shape index (κ1) is 21.6. The summed E-state index contributed by atoms with van der Waals surface area (Å²) >= 11 is 0. The summed E-state index contributed by atoms with van der Waals surface area (Å²) in [5.41, 5.74) is 3.41. The van der Waals surface area contributed by atoms with E-state index in [-0.39, 0.29) is 5.91 Å². The molecule has 0 unspecified atom stereocenters. The lowest BCUT2D eigenvalue weighted by atomic mass is 10.1. The molecule has 0 aromatic heterocycles. The molecule has 0 atom stereocenters. The first-order valence-corrected chi connectivity index (χ1v) is 9.73. The van der Waals surface area contributed by atoms with Crippen LogP contribution in [-0.4, -0.2) is 45.7 Å². The summed E-state index contributed by atoms with van der Waals surface area (Å²) in [4.78, 5) is 16.7. The van der Waals surface area contributed by atoms with Gasteiger partial charge in [0.15, 0.2) is 11.5 Å². The Balaban J connectivity index is 2.09. The third-order valence-corrected chi connectivity index (χ3v) is 4.76. The highest BCUT2D eigenvalue weighted by atomic mass is 16.5. The third-order valence-electron chi connectivity index (χ3n) is 4.76. The molecule has 0 spiro atoms. The fraction of sp³-hybridized carbons (Fsp3) is 0.435. The van der Waals surface area contributed by atoms with E-state index in [0.29, 0.717) is 31.0 Å². The van der Waals surface area contributed by atoms with Crippen molar-refractivity contribution in [2.24, 2.45) is 0 Å². The van der Waals surface area contributed by atoms with Crippen molar-refractivity contribution in [1.82, 2.24) is 4.90 Å². The molecule has 0 saturated carbocycles. The van der Waals surface area contributed by atoms with Crippen molar-refractivity contribution in [3.63, 3.8) is 0 Å². The average molecular weight is 385 g/mol. The predicted molar refractivity (Wildman–Crippen MR) is 114 cm³/mol. The predicted octanol–water partition coefficient (Wildman–Crippen LogP) is 4.14. The van der Waals surface area contributed by atoms with Gasteiger partial charge >= 0.3 is 0 Å². The summed E-state index contributed by atoms with van der Waals surface area (Å²) in [5.74, 6) is 1.62. The van der Waals surface area contributed by atoms with Gasteiger partial charge in [-0.15, -0.1) is 0 Å². The Labute approximate surface area is 168 Å². The van der Waals surface area contributed by atoms with Gasteiger partial charge in [0, 0.05) is 39.3 Å². The van der Waals surface area contributed by atoms with Crippen LogP contribution in [0.2, 0.25) is 0 Å². The van der Waals surface area contributed by atoms with E-state index in [1.807, 2.05) is 44.1 Å². The number of hydrogen-bond donors (Lipinski definition) is 0. The van der Waals surface area contributed by atoms with Crippen LogP contribution in [0.15, 0.2) is 42.5 Å². The second-order valence-corrected chi connectivity index (χ2v) is 7.07. The summed E-state index contributed by atoms with van der Waals surface area (Å²) in [6, 6.07) is 14.3. The van der Waals surface area contributed by atoms with Gasteiger partial charge in [-0.2, -0.15) is 0 Å². The Morgan fingerprint density at radius 2 is 1.57 bits per heavy atom. The summed E-state index contributed by atoms with van der Waals surface area (Å²) in [7, 11) is 7.31. The van der Waals surface area contributed by atoms with E-state index in [1.54, 1.807) is 14.2 Å². The van der Waals surface area contributed by atoms with E-state index >= 15 is 0 Å². The molecule has 28 heavy (non-hydrogen) atoms. The van der Waals surface area contributed by atoms with E-state index in [4.69, 9.17) is 9.47 Å². The Morgan fingerprint density at radius 1 is 0.929 bits per heavy atom. The molecule has 5 heteroatoms. The second-order valence-electron chi connectivity index (χ2n) is 7.07. The minimum Gasteiger partial charge on any atom is -0.493 e. The number of rotatable bonds is 10. The molecule has 0 saturated heterocycles. The van der Waals surface area contributed by atoms with Gasteiger partial charge in [0.1, 0.15) is 0 Å². The van der Waals surface area contributed by atoms with Gasteiger partial charge in [-0.1, -0.05) is 25.1 Å². The van der Waals surface area contributed by atoms with E-state index in [9.17, 15) is 4.79 Å². The van der Waals surface area contributed by atoms with Crippen molar-refractivity contribution in [3.8, 4) is 11.5 Å². The van der Waals surface area contributed by atoms with Crippen LogP contribution >= 0.6 is 0 Å². The zero-order valence-corrected chi connectivity index (χ0v) is 17.7. The Bertz CT molecular complexity index is 757. The van der Waals surface area contributed by atoms with Crippen molar-refractivity contribution in [2.45, 2.75) is 32.7 Å². The molecule has 2 rings (SSSR count). The molecule has 0 heterocycles. The summed E-state index contributed by atoms with van der Waals surface area (Å²) in [6.45, 7) is 3.33. The molecular formula is C23H32N2O3. The Kier molecular flexibility index (Phi) is 8.18. The molecule has 0 N–H and O–H groups in total. The van der Waals surface area contributed by atoms with Crippen molar-refractivity contribution >= 4 is 11.6 Å². The van der Waals surface area contributed by atoms with Crippen molar-refractivity contribution in [3.05, 3.63) is 53.6 Å². The smallest absolute Gasteiger partial charge is 0.222 e. The Morgan fingerprint density at radius 3 is 2.14 bits per heavy atom. The summed E-state index contributed by atoms with van der Waals surface area (Å²) in [6.07, 6.45) is 2.19. The average Bonchev–Trinajstić information content (AvgIpc) is 2.71. The number of amides is 1. The van der Waals surface area contributed by atoms with Crippen LogP contribution in [0.25, 0.3) is 0 Å². The zero-order chi connectivity index (χ0) is 20.5. The van der Waals surface area contributed by atoms with Crippen LogP contribution in [-0.2, 0) is 17.8 Å². The quantitative estimate of drug-likeness (QED) is 0.617. The number of hydrogen-bond acceptors (Lipinski definition) is 4. The maximum absolute atomic E-state index is 12.6. The SMILES string of the molecule is CCCC(=O)N(CCc1ccc(OC)c(OC)c1)Cc1ccc(N(C)C)cc1. The number of benzene rings is 2. The van der Waals surface area contributed by atoms with Gasteiger partial charge in [0.25, 0.3) is 0 Å². The Hall–Kier alpha value is -2.69.